The number of rotatable bonds is 4. The first-order chi connectivity index (χ1) is 6.69. The largest absolute Gasteiger partial charge is 0.480 e. The van der Waals surface area contributed by atoms with Crippen molar-refractivity contribution in [1.29, 1.82) is 0 Å². The standard InChI is InChI=1S/C10H19NO4/c1-5-6(7(11)8(12)13)9(14)15-10(2,3)4/h6-7H,5,11H2,1-4H3,(H,12,13). The third kappa shape index (κ3) is 4.78. The highest BCUT2D eigenvalue weighted by atomic mass is 16.6. The van der Waals surface area contributed by atoms with E-state index in [0.717, 1.165) is 0 Å². The second-order valence-corrected chi connectivity index (χ2v) is 4.41. The van der Waals surface area contributed by atoms with E-state index in [9.17, 15) is 9.59 Å². The molecule has 3 N–H and O–H groups in total. The lowest BCUT2D eigenvalue weighted by Crippen LogP contribution is -2.44. The van der Waals surface area contributed by atoms with Crippen LogP contribution in [0.1, 0.15) is 34.1 Å². The second kappa shape index (κ2) is 5.11. The van der Waals surface area contributed by atoms with Gasteiger partial charge in [0.1, 0.15) is 11.6 Å². The first-order valence-electron chi connectivity index (χ1n) is 4.90. The minimum atomic E-state index is -1.20. The van der Waals surface area contributed by atoms with Crippen molar-refractivity contribution in [3.05, 3.63) is 0 Å². The Morgan fingerprint density at radius 3 is 2.13 bits per heavy atom. The molecular formula is C10H19NO4. The fraction of sp³-hybridized carbons (Fsp3) is 0.800. The summed E-state index contributed by atoms with van der Waals surface area (Å²) >= 11 is 0. The van der Waals surface area contributed by atoms with Crippen LogP contribution in [0.5, 0.6) is 0 Å². The van der Waals surface area contributed by atoms with Gasteiger partial charge in [-0.25, -0.2) is 0 Å². The maximum absolute atomic E-state index is 11.6. The van der Waals surface area contributed by atoms with Crippen molar-refractivity contribution >= 4 is 11.9 Å². The molecule has 88 valence electrons. The van der Waals surface area contributed by atoms with Crippen LogP contribution in [-0.4, -0.2) is 28.7 Å². The molecule has 0 rings (SSSR count). The molecule has 0 radical (unpaired) electrons. The normalized spacial score (nSPS) is 15.5. The number of ether oxygens (including phenoxy) is 1. The number of carboxylic acids is 1. The molecule has 0 aromatic carbocycles. The van der Waals surface area contributed by atoms with Crippen LogP contribution < -0.4 is 5.73 Å². The Bertz CT molecular complexity index is 244. The van der Waals surface area contributed by atoms with E-state index in [1.807, 2.05) is 0 Å². The van der Waals surface area contributed by atoms with Gasteiger partial charge in [0.2, 0.25) is 0 Å². The molecular weight excluding hydrogens is 198 g/mol. The van der Waals surface area contributed by atoms with Gasteiger partial charge in [0.15, 0.2) is 0 Å². The van der Waals surface area contributed by atoms with Crippen LogP contribution in [0.2, 0.25) is 0 Å². The number of esters is 1. The SMILES string of the molecule is CCC(C(=O)OC(C)(C)C)C(N)C(=O)O. The number of nitrogens with two attached hydrogens (primary N) is 1. The van der Waals surface area contributed by atoms with Crippen molar-refractivity contribution in [2.45, 2.75) is 45.8 Å². The van der Waals surface area contributed by atoms with E-state index in [1.165, 1.54) is 0 Å². The molecule has 0 amide bonds. The zero-order valence-electron chi connectivity index (χ0n) is 9.61. The molecule has 0 heterocycles. The number of aliphatic carboxylic acids is 1. The highest BCUT2D eigenvalue weighted by Gasteiger charge is 2.32. The summed E-state index contributed by atoms with van der Waals surface area (Å²) in [5, 5.41) is 8.70. The molecule has 0 aliphatic carbocycles. The molecule has 0 spiro atoms. The number of hydrogen-bond donors (Lipinski definition) is 2. The summed E-state index contributed by atoms with van der Waals surface area (Å²) in [6.45, 7) is 6.88. The highest BCUT2D eigenvalue weighted by molar-refractivity contribution is 5.83. The first-order valence-corrected chi connectivity index (χ1v) is 4.90. The van der Waals surface area contributed by atoms with E-state index >= 15 is 0 Å². The highest BCUT2D eigenvalue weighted by Crippen LogP contribution is 2.15. The summed E-state index contributed by atoms with van der Waals surface area (Å²) in [4.78, 5) is 22.2. The van der Waals surface area contributed by atoms with E-state index < -0.39 is 29.5 Å². The smallest absolute Gasteiger partial charge is 0.321 e. The van der Waals surface area contributed by atoms with Crippen molar-refractivity contribution in [2.75, 3.05) is 0 Å². The summed E-state index contributed by atoms with van der Waals surface area (Å²) in [6, 6.07) is -1.20. The van der Waals surface area contributed by atoms with Gasteiger partial charge in [-0.3, -0.25) is 9.59 Å². The van der Waals surface area contributed by atoms with Gasteiger partial charge in [0.05, 0.1) is 5.92 Å². The van der Waals surface area contributed by atoms with E-state index in [0.29, 0.717) is 6.42 Å². The molecule has 0 aliphatic rings. The van der Waals surface area contributed by atoms with E-state index in [2.05, 4.69) is 0 Å². The number of carbonyl (C=O) groups excluding carboxylic acids is 1. The van der Waals surface area contributed by atoms with E-state index in [4.69, 9.17) is 15.6 Å². The quantitative estimate of drug-likeness (QED) is 0.679. The van der Waals surface area contributed by atoms with Crippen LogP contribution in [0.4, 0.5) is 0 Å². The summed E-state index contributed by atoms with van der Waals surface area (Å²) < 4.78 is 5.08. The van der Waals surface area contributed by atoms with Crippen LogP contribution >= 0.6 is 0 Å². The lowest BCUT2D eigenvalue weighted by Gasteiger charge is -2.24. The number of carbonyl (C=O) groups is 2. The summed E-state index contributed by atoms with van der Waals surface area (Å²) in [6.07, 6.45) is 0.350. The Morgan fingerprint density at radius 1 is 1.40 bits per heavy atom. The average Bonchev–Trinajstić information content (AvgIpc) is 2.01. The Kier molecular flexibility index (Phi) is 4.74. The molecule has 0 bridgehead atoms. The first kappa shape index (κ1) is 13.9. The Labute approximate surface area is 89.6 Å². The van der Waals surface area contributed by atoms with Gasteiger partial charge < -0.3 is 15.6 Å². The molecule has 0 aromatic heterocycles. The van der Waals surface area contributed by atoms with E-state index in [1.54, 1.807) is 27.7 Å². The van der Waals surface area contributed by atoms with Crippen LogP contribution in [-0.2, 0) is 14.3 Å². The molecule has 0 aromatic rings. The Balaban J connectivity index is 4.55. The minimum Gasteiger partial charge on any atom is -0.480 e. The zero-order valence-corrected chi connectivity index (χ0v) is 9.61. The molecule has 0 saturated carbocycles. The third-order valence-electron chi connectivity index (χ3n) is 1.87. The fourth-order valence-electron chi connectivity index (χ4n) is 1.12. The molecule has 0 saturated heterocycles. The second-order valence-electron chi connectivity index (χ2n) is 4.41. The molecule has 15 heavy (non-hydrogen) atoms. The molecule has 2 unspecified atom stereocenters. The fourth-order valence-corrected chi connectivity index (χ4v) is 1.12. The molecule has 5 nitrogen and oxygen atoms in total. The van der Waals surface area contributed by atoms with Crippen LogP contribution in [0, 0.1) is 5.92 Å². The van der Waals surface area contributed by atoms with Gasteiger partial charge in [-0.15, -0.1) is 0 Å². The number of carboxylic acid groups (broad SMARTS) is 1. The predicted octanol–water partition coefficient (Wildman–Crippen LogP) is 0.766. The van der Waals surface area contributed by atoms with Gasteiger partial charge in [-0.2, -0.15) is 0 Å². The Hall–Kier alpha value is -1.10. The van der Waals surface area contributed by atoms with Gasteiger partial charge in [0.25, 0.3) is 0 Å². The molecule has 5 heteroatoms. The Morgan fingerprint density at radius 2 is 1.87 bits per heavy atom. The molecule has 0 fully saturated rings. The van der Waals surface area contributed by atoms with Gasteiger partial charge in [-0.1, -0.05) is 6.92 Å². The van der Waals surface area contributed by atoms with Gasteiger partial charge >= 0.3 is 11.9 Å². The zero-order chi connectivity index (χ0) is 12.2. The maximum atomic E-state index is 11.6. The minimum absolute atomic E-state index is 0.350. The van der Waals surface area contributed by atoms with Crippen LogP contribution in [0.3, 0.4) is 0 Å². The number of hydrogen-bond acceptors (Lipinski definition) is 4. The van der Waals surface area contributed by atoms with Crippen molar-refractivity contribution in [1.82, 2.24) is 0 Å². The van der Waals surface area contributed by atoms with Crippen LogP contribution in [0.25, 0.3) is 0 Å². The third-order valence-corrected chi connectivity index (χ3v) is 1.87. The van der Waals surface area contributed by atoms with Crippen molar-refractivity contribution in [3.8, 4) is 0 Å². The predicted molar refractivity (Wildman–Crippen MR) is 55.2 cm³/mol. The topological polar surface area (TPSA) is 89.6 Å². The van der Waals surface area contributed by atoms with Crippen molar-refractivity contribution < 1.29 is 19.4 Å². The average molecular weight is 217 g/mol. The molecule has 2 atom stereocenters. The van der Waals surface area contributed by atoms with Crippen molar-refractivity contribution in [2.24, 2.45) is 11.7 Å². The summed E-state index contributed by atoms with van der Waals surface area (Å²) in [7, 11) is 0. The maximum Gasteiger partial charge on any atom is 0.321 e. The summed E-state index contributed by atoms with van der Waals surface area (Å²) in [5.74, 6) is -2.53. The monoisotopic (exact) mass is 217 g/mol. The van der Waals surface area contributed by atoms with Crippen LogP contribution in [0.15, 0.2) is 0 Å². The van der Waals surface area contributed by atoms with Crippen molar-refractivity contribution in [3.63, 3.8) is 0 Å². The van der Waals surface area contributed by atoms with E-state index in [-0.39, 0.29) is 0 Å². The molecule has 0 aliphatic heterocycles. The van der Waals surface area contributed by atoms with Gasteiger partial charge in [0, 0.05) is 0 Å². The lowest BCUT2D eigenvalue weighted by molar-refractivity contribution is -0.164. The lowest BCUT2D eigenvalue weighted by atomic mass is 9.97. The summed E-state index contributed by atoms with van der Waals surface area (Å²) in [5.41, 5.74) is 4.77. The van der Waals surface area contributed by atoms with Gasteiger partial charge in [-0.05, 0) is 27.2 Å².